The fourth-order valence-corrected chi connectivity index (χ4v) is 3.40. The highest BCUT2D eigenvalue weighted by Gasteiger charge is 2.21. The van der Waals surface area contributed by atoms with Crippen LogP contribution in [-0.4, -0.2) is 40.2 Å². The molecule has 9 heteroatoms. The number of hydrogen-bond acceptors (Lipinski definition) is 5. The van der Waals surface area contributed by atoms with Crippen molar-refractivity contribution in [2.24, 2.45) is 5.73 Å². The summed E-state index contributed by atoms with van der Waals surface area (Å²) in [6, 6.07) is 3.99. The van der Waals surface area contributed by atoms with Crippen LogP contribution in [-0.2, 0) is 19.6 Å². The molecular weight excluding hydrogens is 332 g/mol. The molecule has 0 aromatic heterocycles. The van der Waals surface area contributed by atoms with Gasteiger partial charge in [0.2, 0.25) is 10.0 Å². The van der Waals surface area contributed by atoms with Crippen molar-refractivity contribution in [3.05, 3.63) is 23.2 Å². The summed E-state index contributed by atoms with van der Waals surface area (Å²) in [7, 11) is -3.68. The van der Waals surface area contributed by atoms with Crippen molar-refractivity contribution in [3.63, 3.8) is 0 Å². The minimum absolute atomic E-state index is 0.0157. The van der Waals surface area contributed by atoms with Crippen molar-refractivity contribution in [3.8, 4) is 5.75 Å². The van der Waals surface area contributed by atoms with Gasteiger partial charge in [-0.05, 0) is 31.0 Å². The predicted molar refractivity (Wildman–Crippen MR) is 80.3 cm³/mol. The molecule has 1 aromatic carbocycles. The van der Waals surface area contributed by atoms with Crippen LogP contribution < -0.4 is 15.2 Å². The Morgan fingerprint density at radius 3 is 2.86 bits per heavy atom. The SMILES string of the molecule is NC(=O)COc1ccc(S(=O)(=O)NCC2CCCO2)cc1Cl. The van der Waals surface area contributed by atoms with Crippen molar-refractivity contribution < 1.29 is 22.7 Å². The first-order valence-corrected chi connectivity index (χ1v) is 8.56. The van der Waals surface area contributed by atoms with E-state index in [0.717, 1.165) is 12.8 Å². The molecule has 1 saturated heterocycles. The molecule has 7 nitrogen and oxygen atoms in total. The summed E-state index contributed by atoms with van der Waals surface area (Å²) >= 11 is 5.95. The Bertz CT molecular complexity index is 644. The molecule has 0 radical (unpaired) electrons. The first kappa shape index (κ1) is 17.0. The third-order valence-corrected chi connectivity index (χ3v) is 4.83. The Kier molecular flexibility index (Phi) is 5.63. The number of sulfonamides is 1. The Labute approximate surface area is 133 Å². The lowest BCUT2D eigenvalue weighted by atomic mass is 10.2. The molecule has 1 aromatic rings. The molecule has 0 aliphatic carbocycles. The Balaban J connectivity index is 2.03. The van der Waals surface area contributed by atoms with E-state index in [0.29, 0.717) is 6.61 Å². The lowest BCUT2D eigenvalue weighted by molar-refractivity contribution is -0.119. The van der Waals surface area contributed by atoms with Crippen LogP contribution in [0.5, 0.6) is 5.75 Å². The Morgan fingerprint density at radius 2 is 2.27 bits per heavy atom. The van der Waals surface area contributed by atoms with Gasteiger partial charge in [-0.1, -0.05) is 11.6 Å². The fraction of sp³-hybridized carbons (Fsp3) is 0.462. The van der Waals surface area contributed by atoms with Crippen LogP contribution in [0.1, 0.15) is 12.8 Å². The van der Waals surface area contributed by atoms with E-state index in [1.807, 2.05) is 0 Å². The molecule has 1 aliphatic rings. The maximum absolute atomic E-state index is 12.2. The standard InChI is InChI=1S/C13H17ClN2O5S/c14-11-6-10(3-4-12(11)21-8-13(15)17)22(18,19)16-7-9-2-1-5-20-9/h3-4,6,9,16H,1-2,5,7-8H2,(H2,15,17). The number of benzene rings is 1. The summed E-state index contributed by atoms with van der Waals surface area (Å²) in [6.07, 6.45) is 1.68. The van der Waals surface area contributed by atoms with E-state index >= 15 is 0 Å². The second-order valence-electron chi connectivity index (χ2n) is 4.83. The number of rotatable bonds is 7. The maximum atomic E-state index is 12.2. The second kappa shape index (κ2) is 7.28. The number of nitrogens with one attached hydrogen (secondary N) is 1. The minimum Gasteiger partial charge on any atom is -0.482 e. The van der Waals surface area contributed by atoms with E-state index in [-0.39, 0.29) is 34.9 Å². The van der Waals surface area contributed by atoms with Gasteiger partial charge in [0.05, 0.1) is 16.0 Å². The smallest absolute Gasteiger partial charge is 0.255 e. The highest BCUT2D eigenvalue weighted by molar-refractivity contribution is 7.89. The molecule has 22 heavy (non-hydrogen) atoms. The lowest BCUT2D eigenvalue weighted by Gasteiger charge is -2.12. The van der Waals surface area contributed by atoms with Gasteiger partial charge in [-0.3, -0.25) is 4.79 Å². The van der Waals surface area contributed by atoms with Crippen molar-refractivity contribution in [2.75, 3.05) is 19.8 Å². The van der Waals surface area contributed by atoms with Crippen LogP contribution in [0.3, 0.4) is 0 Å². The topological polar surface area (TPSA) is 108 Å². The molecule has 2 rings (SSSR count). The maximum Gasteiger partial charge on any atom is 0.255 e. The molecule has 122 valence electrons. The van der Waals surface area contributed by atoms with Crippen LogP contribution in [0.15, 0.2) is 23.1 Å². The van der Waals surface area contributed by atoms with E-state index in [2.05, 4.69) is 4.72 Å². The van der Waals surface area contributed by atoms with Crippen molar-refractivity contribution in [2.45, 2.75) is 23.8 Å². The van der Waals surface area contributed by atoms with E-state index in [1.54, 1.807) is 0 Å². The van der Waals surface area contributed by atoms with Gasteiger partial charge >= 0.3 is 0 Å². The number of carbonyl (C=O) groups is 1. The minimum atomic E-state index is -3.68. The van der Waals surface area contributed by atoms with Gasteiger partial charge in [0.25, 0.3) is 5.91 Å². The molecule has 0 saturated carbocycles. The van der Waals surface area contributed by atoms with Crippen molar-refractivity contribution in [1.29, 1.82) is 0 Å². The van der Waals surface area contributed by atoms with Crippen LogP contribution in [0.4, 0.5) is 0 Å². The Hall–Kier alpha value is -1.35. The van der Waals surface area contributed by atoms with Gasteiger partial charge in [-0.25, -0.2) is 13.1 Å². The summed E-state index contributed by atoms with van der Waals surface area (Å²) < 4.78 is 37.3. The van der Waals surface area contributed by atoms with Crippen molar-refractivity contribution >= 4 is 27.5 Å². The van der Waals surface area contributed by atoms with E-state index < -0.39 is 15.9 Å². The zero-order valence-corrected chi connectivity index (χ0v) is 13.3. The molecular formula is C13H17ClN2O5S. The number of primary amides is 1. The zero-order valence-electron chi connectivity index (χ0n) is 11.7. The highest BCUT2D eigenvalue weighted by Crippen LogP contribution is 2.27. The third kappa shape index (κ3) is 4.57. The molecule has 1 unspecified atom stereocenters. The van der Waals surface area contributed by atoms with E-state index in [1.165, 1.54) is 18.2 Å². The molecule has 1 heterocycles. The zero-order chi connectivity index (χ0) is 16.2. The third-order valence-electron chi connectivity index (χ3n) is 3.11. The first-order chi connectivity index (χ1) is 10.4. The van der Waals surface area contributed by atoms with E-state index in [4.69, 9.17) is 26.8 Å². The predicted octanol–water partition coefficient (Wildman–Crippen LogP) is 0.661. The summed E-state index contributed by atoms with van der Waals surface area (Å²) in [6.45, 7) is 0.549. The van der Waals surface area contributed by atoms with E-state index in [9.17, 15) is 13.2 Å². The molecule has 0 spiro atoms. The summed E-state index contributed by atoms with van der Waals surface area (Å²) in [5, 5.41) is 0.0845. The highest BCUT2D eigenvalue weighted by atomic mass is 35.5. The number of nitrogens with two attached hydrogens (primary N) is 1. The fourth-order valence-electron chi connectivity index (χ4n) is 2.01. The normalized spacial score (nSPS) is 18.3. The molecule has 0 bridgehead atoms. The summed E-state index contributed by atoms with van der Waals surface area (Å²) in [5.41, 5.74) is 4.96. The van der Waals surface area contributed by atoms with Crippen LogP contribution in [0, 0.1) is 0 Å². The average molecular weight is 349 g/mol. The largest absolute Gasteiger partial charge is 0.482 e. The van der Waals surface area contributed by atoms with Crippen LogP contribution >= 0.6 is 11.6 Å². The monoisotopic (exact) mass is 348 g/mol. The number of ether oxygens (including phenoxy) is 2. The second-order valence-corrected chi connectivity index (χ2v) is 7.01. The van der Waals surface area contributed by atoms with Crippen molar-refractivity contribution in [1.82, 2.24) is 4.72 Å². The van der Waals surface area contributed by atoms with Crippen LogP contribution in [0.2, 0.25) is 5.02 Å². The number of amides is 1. The van der Waals surface area contributed by atoms with Gasteiger partial charge in [-0.2, -0.15) is 0 Å². The quantitative estimate of drug-likeness (QED) is 0.752. The number of hydrogen-bond donors (Lipinski definition) is 2. The molecule has 1 amide bonds. The van der Waals surface area contributed by atoms with Crippen LogP contribution in [0.25, 0.3) is 0 Å². The molecule has 1 atom stereocenters. The molecule has 1 aliphatic heterocycles. The molecule has 3 N–H and O–H groups in total. The van der Waals surface area contributed by atoms with Gasteiger partial charge in [0.1, 0.15) is 5.75 Å². The number of halogens is 1. The van der Waals surface area contributed by atoms with Gasteiger partial charge in [-0.15, -0.1) is 0 Å². The summed E-state index contributed by atoms with van der Waals surface area (Å²) in [4.78, 5) is 10.7. The van der Waals surface area contributed by atoms with Gasteiger partial charge in [0.15, 0.2) is 6.61 Å². The Morgan fingerprint density at radius 1 is 1.50 bits per heavy atom. The average Bonchev–Trinajstić information content (AvgIpc) is 2.97. The lowest BCUT2D eigenvalue weighted by Crippen LogP contribution is -2.31. The van der Waals surface area contributed by atoms with Gasteiger partial charge < -0.3 is 15.2 Å². The molecule has 1 fully saturated rings. The summed E-state index contributed by atoms with van der Waals surface area (Å²) in [5.74, 6) is -0.454. The van der Waals surface area contributed by atoms with Gasteiger partial charge in [0, 0.05) is 13.2 Å². The first-order valence-electron chi connectivity index (χ1n) is 6.70. The number of carbonyl (C=O) groups excluding carboxylic acids is 1.